The first kappa shape index (κ1) is 16.2. The number of hydrogen-bond acceptors (Lipinski definition) is 6. The van der Waals surface area contributed by atoms with Gasteiger partial charge < -0.3 is 15.5 Å². The Hall–Kier alpha value is -2.64. The molecule has 128 valence electrons. The zero-order chi connectivity index (χ0) is 17.2. The molecule has 0 atom stereocenters. The predicted molar refractivity (Wildman–Crippen MR) is 91.8 cm³/mol. The summed E-state index contributed by atoms with van der Waals surface area (Å²) in [5, 5.41) is 18.8. The molecule has 8 heteroatoms. The van der Waals surface area contributed by atoms with E-state index in [4.69, 9.17) is 0 Å². The molecule has 3 rings (SSSR count). The third kappa shape index (κ3) is 3.17. The van der Waals surface area contributed by atoms with Crippen molar-refractivity contribution in [2.24, 2.45) is 7.05 Å². The van der Waals surface area contributed by atoms with Gasteiger partial charge in [0.25, 0.3) is 0 Å². The van der Waals surface area contributed by atoms with Gasteiger partial charge in [0.15, 0.2) is 5.82 Å². The molecular formula is C16H23N7O. The molecule has 0 aromatic carbocycles. The highest BCUT2D eigenvalue weighted by molar-refractivity contribution is 5.89. The highest BCUT2D eigenvalue weighted by atomic mass is 16.2. The molecule has 0 unspecified atom stereocenters. The number of anilines is 2. The number of carbonyl (C=O) groups excluding carboxylic acids is 1. The molecule has 1 amide bonds. The Balaban J connectivity index is 1.75. The van der Waals surface area contributed by atoms with Crippen molar-refractivity contribution in [2.45, 2.75) is 25.3 Å². The topological polar surface area (TPSA) is 88.0 Å². The molecule has 1 saturated heterocycles. The van der Waals surface area contributed by atoms with Gasteiger partial charge in [-0.3, -0.25) is 9.48 Å². The maximum atomic E-state index is 12.5. The molecule has 1 fully saturated rings. The standard InChI is InChI=1S/C16H23N7O/c1-12-4-5-14(20-19-12)23-10-7-16(8-11-23,15(24)17-2)18-13-6-9-22(3)21-13/h4-6,9H,7-8,10-11H2,1-3H3,(H,17,24)(H,18,21). The quantitative estimate of drug-likeness (QED) is 0.859. The number of aromatic nitrogens is 4. The summed E-state index contributed by atoms with van der Waals surface area (Å²) in [7, 11) is 3.53. The van der Waals surface area contributed by atoms with Crippen LogP contribution in [0.25, 0.3) is 0 Å². The normalized spacial score (nSPS) is 16.7. The van der Waals surface area contributed by atoms with Crippen molar-refractivity contribution >= 4 is 17.5 Å². The molecule has 0 saturated carbocycles. The van der Waals surface area contributed by atoms with Gasteiger partial charge in [-0.1, -0.05) is 0 Å². The Labute approximate surface area is 141 Å². The number of nitrogens with one attached hydrogen (secondary N) is 2. The molecule has 8 nitrogen and oxygen atoms in total. The molecule has 2 aromatic rings. The van der Waals surface area contributed by atoms with Crippen LogP contribution in [-0.2, 0) is 11.8 Å². The van der Waals surface area contributed by atoms with Gasteiger partial charge >= 0.3 is 0 Å². The van der Waals surface area contributed by atoms with Crippen molar-refractivity contribution in [3.63, 3.8) is 0 Å². The van der Waals surface area contributed by atoms with Gasteiger partial charge in [-0.05, 0) is 31.9 Å². The van der Waals surface area contributed by atoms with E-state index in [1.54, 1.807) is 11.7 Å². The smallest absolute Gasteiger partial charge is 0.245 e. The number of piperidine rings is 1. The largest absolute Gasteiger partial charge is 0.357 e. The Morgan fingerprint density at radius 2 is 1.96 bits per heavy atom. The summed E-state index contributed by atoms with van der Waals surface area (Å²) in [6, 6.07) is 5.80. The van der Waals surface area contributed by atoms with Crippen molar-refractivity contribution in [3.8, 4) is 0 Å². The number of nitrogens with zero attached hydrogens (tertiary/aromatic N) is 5. The highest BCUT2D eigenvalue weighted by Crippen LogP contribution is 2.28. The van der Waals surface area contributed by atoms with Gasteiger partial charge in [0, 0.05) is 39.4 Å². The minimum Gasteiger partial charge on any atom is -0.357 e. The monoisotopic (exact) mass is 329 g/mol. The maximum absolute atomic E-state index is 12.5. The second-order valence-electron chi connectivity index (χ2n) is 6.18. The summed E-state index contributed by atoms with van der Waals surface area (Å²) in [5.41, 5.74) is 0.241. The van der Waals surface area contributed by atoms with Crippen LogP contribution in [0.15, 0.2) is 24.4 Å². The maximum Gasteiger partial charge on any atom is 0.245 e. The lowest BCUT2D eigenvalue weighted by Crippen LogP contribution is -2.58. The molecule has 0 radical (unpaired) electrons. The Bertz CT molecular complexity index is 701. The molecule has 1 aliphatic rings. The van der Waals surface area contributed by atoms with E-state index in [9.17, 15) is 4.79 Å². The van der Waals surface area contributed by atoms with Crippen LogP contribution in [0.5, 0.6) is 0 Å². The summed E-state index contributed by atoms with van der Waals surface area (Å²) < 4.78 is 1.72. The number of amides is 1. The van der Waals surface area contributed by atoms with Crippen LogP contribution >= 0.6 is 0 Å². The van der Waals surface area contributed by atoms with Crippen LogP contribution < -0.4 is 15.5 Å². The van der Waals surface area contributed by atoms with E-state index >= 15 is 0 Å². The fourth-order valence-electron chi connectivity index (χ4n) is 3.05. The third-order valence-electron chi connectivity index (χ3n) is 4.47. The number of rotatable bonds is 4. The van der Waals surface area contributed by atoms with E-state index in [-0.39, 0.29) is 5.91 Å². The lowest BCUT2D eigenvalue weighted by Gasteiger charge is -2.41. The van der Waals surface area contributed by atoms with Crippen LogP contribution in [0.1, 0.15) is 18.5 Å². The lowest BCUT2D eigenvalue weighted by atomic mass is 9.86. The zero-order valence-electron chi connectivity index (χ0n) is 14.3. The summed E-state index contributed by atoms with van der Waals surface area (Å²) in [6.45, 7) is 3.37. The molecule has 0 bridgehead atoms. The first-order valence-corrected chi connectivity index (χ1v) is 8.08. The first-order chi connectivity index (χ1) is 11.5. The van der Waals surface area contributed by atoms with E-state index < -0.39 is 5.54 Å². The van der Waals surface area contributed by atoms with Crippen molar-refractivity contribution in [3.05, 3.63) is 30.1 Å². The van der Waals surface area contributed by atoms with Gasteiger partial charge in [0.1, 0.15) is 11.4 Å². The minimum absolute atomic E-state index is 0.0113. The Kier molecular flexibility index (Phi) is 4.37. The molecule has 2 N–H and O–H groups in total. The number of likely N-dealkylation sites (N-methyl/N-ethyl adjacent to an activating group) is 1. The van der Waals surface area contributed by atoms with E-state index in [0.717, 1.165) is 24.6 Å². The van der Waals surface area contributed by atoms with Crippen LogP contribution in [-0.4, -0.2) is 51.6 Å². The lowest BCUT2D eigenvalue weighted by molar-refractivity contribution is -0.125. The fraction of sp³-hybridized carbons (Fsp3) is 0.500. The summed E-state index contributed by atoms with van der Waals surface area (Å²) in [6.07, 6.45) is 3.19. The number of carbonyl (C=O) groups is 1. The number of hydrogen-bond donors (Lipinski definition) is 2. The Morgan fingerprint density at radius 1 is 1.21 bits per heavy atom. The second-order valence-corrected chi connectivity index (χ2v) is 6.18. The van der Waals surface area contributed by atoms with Crippen LogP contribution in [0, 0.1) is 6.92 Å². The van der Waals surface area contributed by atoms with E-state index in [1.807, 2.05) is 38.4 Å². The first-order valence-electron chi connectivity index (χ1n) is 8.08. The highest BCUT2D eigenvalue weighted by Gasteiger charge is 2.41. The van der Waals surface area contributed by atoms with Gasteiger partial charge in [-0.15, -0.1) is 5.10 Å². The Morgan fingerprint density at radius 3 is 2.50 bits per heavy atom. The van der Waals surface area contributed by atoms with Crippen molar-refractivity contribution in [1.82, 2.24) is 25.3 Å². The van der Waals surface area contributed by atoms with Crippen molar-refractivity contribution in [2.75, 3.05) is 30.4 Å². The van der Waals surface area contributed by atoms with E-state index in [0.29, 0.717) is 18.7 Å². The molecule has 0 spiro atoms. The van der Waals surface area contributed by atoms with Crippen molar-refractivity contribution in [1.29, 1.82) is 0 Å². The summed E-state index contributed by atoms with van der Waals surface area (Å²) in [4.78, 5) is 14.7. The third-order valence-corrected chi connectivity index (χ3v) is 4.47. The molecule has 0 aliphatic carbocycles. The van der Waals surface area contributed by atoms with Crippen LogP contribution in [0.3, 0.4) is 0 Å². The molecular weight excluding hydrogens is 306 g/mol. The number of aryl methyl sites for hydroxylation is 2. The average Bonchev–Trinajstić information content (AvgIpc) is 3.00. The van der Waals surface area contributed by atoms with Gasteiger partial charge in [-0.2, -0.15) is 10.2 Å². The SMILES string of the molecule is CNC(=O)C1(Nc2ccn(C)n2)CCN(c2ccc(C)nn2)CC1. The van der Waals surface area contributed by atoms with Crippen LogP contribution in [0.4, 0.5) is 11.6 Å². The van der Waals surface area contributed by atoms with E-state index in [1.165, 1.54) is 0 Å². The summed E-state index contributed by atoms with van der Waals surface area (Å²) in [5.74, 6) is 1.55. The molecule has 24 heavy (non-hydrogen) atoms. The van der Waals surface area contributed by atoms with Gasteiger partial charge in [0.05, 0.1) is 5.69 Å². The van der Waals surface area contributed by atoms with Crippen LogP contribution in [0.2, 0.25) is 0 Å². The van der Waals surface area contributed by atoms with Gasteiger partial charge in [0.2, 0.25) is 5.91 Å². The average molecular weight is 329 g/mol. The molecule has 2 aromatic heterocycles. The fourth-order valence-corrected chi connectivity index (χ4v) is 3.05. The molecule has 1 aliphatic heterocycles. The minimum atomic E-state index is -0.655. The summed E-state index contributed by atoms with van der Waals surface area (Å²) >= 11 is 0. The zero-order valence-corrected chi connectivity index (χ0v) is 14.3. The molecule has 3 heterocycles. The van der Waals surface area contributed by atoms with E-state index in [2.05, 4.69) is 30.8 Å². The predicted octanol–water partition coefficient (Wildman–Crippen LogP) is 0.716. The second kappa shape index (κ2) is 6.46. The van der Waals surface area contributed by atoms with Gasteiger partial charge in [-0.25, -0.2) is 0 Å². The van der Waals surface area contributed by atoms with Crippen molar-refractivity contribution < 1.29 is 4.79 Å².